The Labute approximate surface area is 146 Å². The Morgan fingerprint density at radius 3 is 2.50 bits per heavy atom. The molecule has 2 rings (SSSR count). The highest BCUT2D eigenvalue weighted by Gasteiger charge is 2.33. The van der Waals surface area contributed by atoms with Gasteiger partial charge in [-0.05, 0) is 43.3 Å². The van der Waals surface area contributed by atoms with Gasteiger partial charge in [0.25, 0.3) is 0 Å². The van der Waals surface area contributed by atoms with Gasteiger partial charge in [0.05, 0.1) is 11.5 Å². The quantitative estimate of drug-likeness (QED) is 0.808. The van der Waals surface area contributed by atoms with E-state index in [2.05, 4.69) is 5.32 Å². The summed E-state index contributed by atoms with van der Waals surface area (Å²) < 4.78 is 23.4. The molecule has 1 heterocycles. The first kappa shape index (κ1) is 17.8. The van der Waals surface area contributed by atoms with Crippen molar-refractivity contribution in [2.75, 3.05) is 23.4 Å². The van der Waals surface area contributed by atoms with Crippen molar-refractivity contribution in [3.05, 3.63) is 28.2 Å². The molecule has 0 spiro atoms. The number of anilines is 1. The van der Waals surface area contributed by atoms with Crippen molar-refractivity contribution in [3.63, 3.8) is 0 Å². The van der Waals surface area contributed by atoms with E-state index >= 15 is 0 Å². The second-order valence-corrected chi connectivity index (χ2v) is 8.83. The van der Waals surface area contributed by atoms with Crippen LogP contribution < -0.4 is 5.32 Å². The molecule has 1 N–H and O–H groups in total. The Kier molecular flexibility index (Phi) is 5.94. The topological polar surface area (TPSA) is 49.4 Å². The van der Waals surface area contributed by atoms with Gasteiger partial charge in [-0.3, -0.25) is 0 Å². The summed E-state index contributed by atoms with van der Waals surface area (Å²) in [5.74, 6) is 0.384. The van der Waals surface area contributed by atoms with Crippen molar-refractivity contribution in [1.29, 1.82) is 0 Å². The number of rotatable bonds is 4. The zero-order chi connectivity index (χ0) is 16.3. The SMILES string of the molecule is CCCN(C(=S)Nc1cc(Cl)cc(Cl)c1)[C@H]1CCS(=O)(=O)C1. The minimum Gasteiger partial charge on any atom is -0.345 e. The number of hydrogen-bond acceptors (Lipinski definition) is 3. The van der Waals surface area contributed by atoms with Gasteiger partial charge in [0.1, 0.15) is 0 Å². The van der Waals surface area contributed by atoms with Crippen LogP contribution >= 0.6 is 35.4 Å². The molecule has 0 amide bonds. The maximum atomic E-state index is 11.7. The summed E-state index contributed by atoms with van der Waals surface area (Å²) in [4.78, 5) is 1.95. The molecule has 0 unspecified atom stereocenters. The van der Waals surface area contributed by atoms with Gasteiger partial charge in [-0.2, -0.15) is 0 Å². The third kappa shape index (κ3) is 4.72. The van der Waals surface area contributed by atoms with Crippen LogP contribution in [0.4, 0.5) is 5.69 Å². The molecule has 122 valence electrons. The first-order chi connectivity index (χ1) is 10.3. The fourth-order valence-electron chi connectivity index (χ4n) is 2.53. The molecule has 1 aromatic rings. The van der Waals surface area contributed by atoms with Crippen molar-refractivity contribution in [2.24, 2.45) is 0 Å². The minimum atomic E-state index is -2.95. The third-order valence-electron chi connectivity index (χ3n) is 3.49. The van der Waals surface area contributed by atoms with E-state index in [1.807, 2.05) is 11.8 Å². The normalized spacial score (nSPS) is 19.9. The van der Waals surface area contributed by atoms with Gasteiger partial charge in [-0.25, -0.2) is 8.42 Å². The fourth-order valence-corrected chi connectivity index (χ4v) is 5.15. The molecular formula is C14H18Cl2N2O2S2. The van der Waals surface area contributed by atoms with E-state index in [4.69, 9.17) is 35.4 Å². The Bertz CT molecular complexity index is 645. The van der Waals surface area contributed by atoms with Crippen LogP contribution in [0.3, 0.4) is 0 Å². The maximum Gasteiger partial charge on any atom is 0.173 e. The molecule has 0 bridgehead atoms. The fraction of sp³-hybridized carbons (Fsp3) is 0.500. The summed E-state index contributed by atoms with van der Waals surface area (Å²) in [5.41, 5.74) is 0.699. The van der Waals surface area contributed by atoms with E-state index in [1.54, 1.807) is 18.2 Å². The number of thiocarbonyl (C=S) groups is 1. The van der Waals surface area contributed by atoms with E-state index in [0.29, 0.717) is 33.8 Å². The van der Waals surface area contributed by atoms with Gasteiger partial charge in [0.15, 0.2) is 14.9 Å². The van der Waals surface area contributed by atoms with Gasteiger partial charge in [-0.1, -0.05) is 30.1 Å². The molecule has 0 aliphatic carbocycles. The number of benzene rings is 1. The average molecular weight is 381 g/mol. The molecule has 1 atom stereocenters. The number of sulfone groups is 1. The molecule has 0 radical (unpaired) electrons. The molecule has 1 fully saturated rings. The van der Waals surface area contributed by atoms with Crippen molar-refractivity contribution >= 4 is 56.1 Å². The predicted molar refractivity (Wildman–Crippen MR) is 96.7 cm³/mol. The Balaban J connectivity index is 2.13. The van der Waals surface area contributed by atoms with Crippen molar-refractivity contribution < 1.29 is 8.42 Å². The maximum absolute atomic E-state index is 11.7. The van der Waals surface area contributed by atoms with E-state index in [9.17, 15) is 8.42 Å². The molecular weight excluding hydrogens is 363 g/mol. The Morgan fingerprint density at radius 2 is 2.00 bits per heavy atom. The molecule has 0 aromatic heterocycles. The van der Waals surface area contributed by atoms with Crippen LogP contribution in [-0.4, -0.2) is 42.5 Å². The van der Waals surface area contributed by atoms with Gasteiger partial charge in [0.2, 0.25) is 0 Å². The second kappa shape index (κ2) is 7.34. The number of nitrogens with zero attached hydrogens (tertiary/aromatic N) is 1. The van der Waals surface area contributed by atoms with Crippen LogP contribution in [0.5, 0.6) is 0 Å². The van der Waals surface area contributed by atoms with E-state index in [1.165, 1.54) is 0 Å². The van der Waals surface area contributed by atoms with Gasteiger partial charge >= 0.3 is 0 Å². The molecule has 1 aromatic carbocycles. The smallest absolute Gasteiger partial charge is 0.173 e. The summed E-state index contributed by atoms with van der Waals surface area (Å²) in [6.45, 7) is 2.75. The molecule has 1 aliphatic heterocycles. The summed E-state index contributed by atoms with van der Waals surface area (Å²) in [5, 5.41) is 4.64. The minimum absolute atomic E-state index is 0.0698. The van der Waals surface area contributed by atoms with Crippen LogP contribution in [0.1, 0.15) is 19.8 Å². The first-order valence-electron chi connectivity index (χ1n) is 7.05. The number of halogens is 2. The lowest BCUT2D eigenvalue weighted by atomic mass is 10.2. The van der Waals surface area contributed by atoms with E-state index in [-0.39, 0.29) is 17.5 Å². The lowest BCUT2D eigenvalue weighted by Gasteiger charge is -2.30. The highest BCUT2D eigenvalue weighted by Crippen LogP contribution is 2.24. The Morgan fingerprint density at radius 1 is 1.36 bits per heavy atom. The summed E-state index contributed by atoms with van der Waals surface area (Å²) in [7, 11) is -2.95. The van der Waals surface area contributed by atoms with Crippen molar-refractivity contribution in [2.45, 2.75) is 25.8 Å². The standard InChI is InChI=1S/C14H18Cl2N2O2S2/c1-2-4-18(13-3-5-22(19,20)9-13)14(21)17-12-7-10(15)6-11(16)8-12/h6-8,13H,2-5,9H2,1H3,(H,17,21)/t13-/m0/s1. The zero-order valence-corrected chi connectivity index (χ0v) is 15.3. The molecule has 8 heteroatoms. The van der Waals surface area contributed by atoms with Crippen LogP contribution in [0.2, 0.25) is 10.0 Å². The highest BCUT2D eigenvalue weighted by atomic mass is 35.5. The first-order valence-corrected chi connectivity index (χ1v) is 10.0. The average Bonchev–Trinajstić information content (AvgIpc) is 2.74. The second-order valence-electron chi connectivity index (χ2n) is 5.34. The molecule has 1 saturated heterocycles. The number of hydrogen-bond donors (Lipinski definition) is 1. The number of nitrogens with one attached hydrogen (secondary N) is 1. The van der Waals surface area contributed by atoms with Gasteiger partial charge in [0, 0.05) is 28.3 Å². The van der Waals surface area contributed by atoms with Crippen LogP contribution in [0.15, 0.2) is 18.2 Å². The predicted octanol–water partition coefficient (Wildman–Crippen LogP) is 3.59. The Hall–Kier alpha value is -0.560. The molecule has 1 aliphatic rings. The van der Waals surface area contributed by atoms with Crippen molar-refractivity contribution in [1.82, 2.24) is 4.90 Å². The monoisotopic (exact) mass is 380 g/mol. The summed E-state index contributed by atoms with van der Waals surface area (Å²) >= 11 is 17.4. The third-order valence-corrected chi connectivity index (χ3v) is 6.01. The van der Waals surface area contributed by atoms with Gasteiger partial charge < -0.3 is 10.2 Å². The van der Waals surface area contributed by atoms with E-state index < -0.39 is 9.84 Å². The molecule has 4 nitrogen and oxygen atoms in total. The molecule has 0 saturated carbocycles. The van der Waals surface area contributed by atoms with Gasteiger partial charge in [-0.15, -0.1) is 0 Å². The van der Waals surface area contributed by atoms with E-state index in [0.717, 1.165) is 6.42 Å². The summed E-state index contributed by atoms with van der Waals surface area (Å²) in [6.07, 6.45) is 1.50. The largest absolute Gasteiger partial charge is 0.345 e. The summed E-state index contributed by atoms with van der Waals surface area (Å²) in [6, 6.07) is 5.04. The molecule has 22 heavy (non-hydrogen) atoms. The zero-order valence-electron chi connectivity index (χ0n) is 12.2. The van der Waals surface area contributed by atoms with Crippen LogP contribution in [-0.2, 0) is 9.84 Å². The van der Waals surface area contributed by atoms with Crippen molar-refractivity contribution in [3.8, 4) is 0 Å². The lowest BCUT2D eigenvalue weighted by molar-refractivity contribution is 0.339. The highest BCUT2D eigenvalue weighted by molar-refractivity contribution is 7.91. The van der Waals surface area contributed by atoms with Crippen LogP contribution in [0.25, 0.3) is 0 Å². The lowest BCUT2D eigenvalue weighted by Crippen LogP contribution is -2.43. The van der Waals surface area contributed by atoms with Crippen LogP contribution in [0, 0.1) is 0 Å².